The maximum Gasteiger partial charge on any atom is 0.123 e. The molecule has 0 aliphatic carbocycles. The quantitative estimate of drug-likeness (QED) is 0.129. The molecule has 0 saturated heterocycles. The van der Waals surface area contributed by atoms with Gasteiger partial charge in [0.1, 0.15) is 5.58 Å². The number of hydrogen-bond acceptors (Lipinski definition) is 3. The van der Waals surface area contributed by atoms with E-state index < -0.39 is 8.07 Å². The van der Waals surface area contributed by atoms with Crippen LogP contribution in [0.5, 0.6) is 0 Å². The van der Waals surface area contributed by atoms with E-state index in [4.69, 9.17) is 4.42 Å². The summed E-state index contributed by atoms with van der Waals surface area (Å²) in [6, 6.07) is 44.0. The Balaban J connectivity index is 0.000000202. The van der Waals surface area contributed by atoms with Crippen molar-refractivity contribution in [3.8, 4) is 33.6 Å². The third-order valence-electron chi connectivity index (χ3n) is 7.84. The van der Waals surface area contributed by atoms with E-state index in [9.17, 15) is 0 Å². The van der Waals surface area contributed by atoms with Crippen LogP contribution in [0.4, 0.5) is 0 Å². The minimum Gasteiger partial charge on any atom is -0.477 e. The van der Waals surface area contributed by atoms with E-state index in [-0.39, 0.29) is 20.1 Å². The topological polar surface area (TPSA) is 38.9 Å². The second-order valence-corrected chi connectivity index (χ2v) is 17.5. The molecule has 0 unspecified atom stereocenters. The Hall–Kier alpha value is -4.15. The van der Waals surface area contributed by atoms with E-state index in [1.165, 1.54) is 21.9 Å². The molecular formula is C40H36IrN2OSi-2. The van der Waals surface area contributed by atoms with Gasteiger partial charge in [0.15, 0.2) is 0 Å². The van der Waals surface area contributed by atoms with Crippen LogP contribution in [-0.4, -0.2) is 18.0 Å². The molecule has 0 saturated carbocycles. The maximum atomic E-state index is 6.10. The van der Waals surface area contributed by atoms with Gasteiger partial charge in [0.2, 0.25) is 0 Å². The Morgan fingerprint density at radius 3 is 2.18 bits per heavy atom. The molecule has 227 valence electrons. The van der Waals surface area contributed by atoms with Crippen LogP contribution in [-0.2, 0) is 20.1 Å². The molecule has 0 aliphatic rings. The predicted molar refractivity (Wildman–Crippen MR) is 187 cm³/mol. The zero-order valence-corrected chi connectivity index (χ0v) is 29.7. The summed E-state index contributed by atoms with van der Waals surface area (Å²) in [7, 11) is -1.23. The molecule has 1 radical (unpaired) electrons. The largest absolute Gasteiger partial charge is 0.477 e. The summed E-state index contributed by atoms with van der Waals surface area (Å²) >= 11 is 0. The molecular weight excluding hydrogens is 745 g/mol. The van der Waals surface area contributed by atoms with Crippen molar-refractivity contribution in [1.29, 1.82) is 0 Å². The number of nitrogens with zero attached hydrogens (tertiary/aromatic N) is 2. The molecule has 3 nitrogen and oxygen atoms in total. The molecule has 4 aromatic carbocycles. The Kier molecular flexibility index (Phi) is 9.94. The van der Waals surface area contributed by atoms with Crippen molar-refractivity contribution in [3.05, 3.63) is 139 Å². The first-order chi connectivity index (χ1) is 21.3. The normalized spacial score (nSPS) is 11.2. The molecule has 0 aliphatic heterocycles. The maximum absolute atomic E-state index is 6.10. The monoisotopic (exact) mass is 781 g/mol. The van der Waals surface area contributed by atoms with Crippen LogP contribution in [0.3, 0.4) is 0 Å². The average Bonchev–Trinajstić information content (AvgIpc) is 3.43. The van der Waals surface area contributed by atoms with E-state index in [2.05, 4.69) is 128 Å². The van der Waals surface area contributed by atoms with Crippen molar-refractivity contribution in [1.82, 2.24) is 9.97 Å². The number of pyridine rings is 2. The number of fused-ring (bicyclic) bond motifs is 3. The first-order valence-electron chi connectivity index (χ1n) is 15.1. The third-order valence-corrected chi connectivity index (χ3v) is 9.87. The van der Waals surface area contributed by atoms with Gasteiger partial charge in [-0.25, -0.2) is 0 Å². The zero-order valence-electron chi connectivity index (χ0n) is 26.3. The fourth-order valence-corrected chi connectivity index (χ4v) is 6.20. The second kappa shape index (κ2) is 13.9. The number of benzene rings is 4. The Labute approximate surface area is 280 Å². The molecule has 3 heterocycles. The molecule has 3 aromatic heterocycles. The number of rotatable bonds is 5. The smallest absolute Gasteiger partial charge is 0.123 e. The molecule has 0 fully saturated rings. The standard InChI is InChI=1S/C26H20NO.C14H16NSi.Ir/c1-17(2)19-12-13-27-24(15-19)21-8-10-22-23-14-20(18-6-4-3-5-7-18)9-11-25(23)28-26(22)16-21;1-16(2,3)13-9-10-14(15-11-13)12-7-5-4-6-8-12;/h3-15,17H,1-2H3;4-7,9-11H,1-3H3;/q2*-1;. The molecule has 45 heavy (non-hydrogen) atoms. The van der Waals surface area contributed by atoms with Crippen LogP contribution in [0, 0.1) is 12.1 Å². The average molecular weight is 781 g/mol. The number of aromatic nitrogens is 2. The van der Waals surface area contributed by atoms with Crippen LogP contribution in [0.25, 0.3) is 55.6 Å². The van der Waals surface area contributed by atoms with Crippen molar-refractivity contribution >= 4 is 35.2 Å². The van der Waals surface area contributed by atoms with Gasteiger partial charge in [-0.05, 0) is 51.1 Å². The molecule has 0 amide bonds. The third kappa shape index (κ3) is 7.40. The Bertz CT molecular complexity index is 2010. The van der Waals surface area contributed by atoms with E-state index in [0.29, 0.717) is 5.92 Å². The van der Waals surface area contributed by atoms with Crippen LogP contribution >= 0.6 is 0 Å². The fraction of sp³-hybridized carbons (Fsp3) is 0.150. The van der Waals surface area contributed by atoms with E-state index in [1.54, 1.807) is 0 Å². The van der Waals surface area contributed by atoms with E-state index in [1.807, 2.05) is 48.8 Å². The number of furan rings is 1. The fourth-order valence-electron chi connectivity index (χ4n) is 5.17. The Morgan fingerprint density at radius 1 is 0.689 bits per heavy atom. The first-order valence-corrected chi connectivity index (χ1v) is 18.6. The van der Waals surface area contributed by atoms with E-state index >= 15 is 0 Å². The van der Waals surface area contributed by atoms with Crippen molar-refractivity contribution in [2.45, 2.75) is 39.4 Å². The van der Waals surface area contributed by atoms with Crippen molar-refractivity contribution in [3.63, 3.8) is 0 Å². The van der Waals surface area contributed by atoms with Crippen LogP contribution in [0.15, 0.2) is 126 Å². The van der Waals surface area contributed by atoms with Gasteiger partial charge in [-0.2, -0.15) is 0 Å². The predicted octanol–water partition coefficient (Wildman–Crippen LogP) is 10.3. The SMILES string of the molecule is CC(C)c1ccnc(-c2[c-]c3oc4ccc(-c5ccccc5)cc4c3cc2)c1.C[Si](C)(C)c1ccc(-c2[c-]cccc2)nc1.[Ir]. The molecule has 0 bridgehead atoms. The summed E-state index contributed by atoms with van der Waals surface area (Å²) in [5, 5.41) is 3.59. The molecule has 0 spiro atoms. The molecule has 5 heteroatoms. The van der Waals surface area contributed by atoms with Crippen LogP contribution < -0.4 is 5.19 Å². The van der Waals surface area contributed by atoms with Gasteiger partial charge < -0.3 is 14.4 Å². The van der Waals surface area contributed by atoms with Crippen LogP contribution in [0.1, 0.15) is 25.3 Å². The summed E-state index contributed by atoms with van der Waals surface area (Å²) in [6.45, 7) is 11.4. The van der Waals surface area contributed by atoms with Gasteiger partial charge in [-0.1, -0.05) is 111 Å². The molecule has 7 rings (SSSR count). The summed E-state index contributed by atoms with van der Waals surface area (Å²) in [5.41, 5.74) is 9.26. The first kappa shape index (κ1) is 32.2. The molecule has 7 aromatic rings. The minimum atomic E-state index is -1.23. The van der Waals surface area contributed by atoms with E-state index in [0.717, 1.165) is 44.5 Å². The van der Waals surface area contributed by atoms with Gasteiger partial charge in [0.05, 0.1) is 13.7 Å². The Morgan fingerprint density at radius 2 is 1.49 bits per heavy atom. The minimum absolute atomic E-state index is 0. The molecule has 0 N–H and O–H groups in total. The summed E-state index contributed by atoms with van der Waals surface area (Å²) < 4.78 is 6.10. The summed E-state index contributed by atoms with van der Waals surface area (Å²) in [5.74, 6) is 0.466. The van der Waals surface area contributed by atoms with Crippen molar-refractivity contribution in [2.24, 2.45) is 0 Å². The zero-order chi connectivity index (χ0) is 30.7. The second-order valence-electron chi connectivity index (χ2n) is 12.4. The van der Waals surface area contributed by atoms with Crippen molar-refractivity contribution in [2.75, 3.05) is 0 Å². The van der Waals surface area contributed by atoms with Crippen LogP contribution in [0.2, 0.25) is 19.6 Å². The molecule has 0 atom stereocenters. The van der Waals surface area contributed by atoms with Gasteiger partial charge in [-0.15, -0.1) is 53.6 Å². The summed E-state index contributed by atoms with van der Waals surface area (Å²) in [4.78, 5) is 9.05. The number of hydrogen-bond donors (Lipinski definition) is 0. The van der Waals surface area contributed by atoms with Crippen molar-refractivity contribution < 1.29 is 24.5 Å². The summed E-state index contributed by atoms with van der Waals surface area (Å²) in [6.07, 6.45) is 3.88. The van der Waals surface area contributed by atoms with Gasteiger partial charge in [-0.3, -0.25) is 0 Å². The van der Waals surface area contributed by atoms with Gasteiger partial charge in [0.25, 0.3) is 0 Å². The van der Waals surface area contributed by atoms with Gasteiger partial charge in [0, 0.05) is 32.5 Å². The van der Waals surface area contributed by atoms with Gasteiger partial charge >= 0.3 is 0 Å².